The van der Waals surface area contributed by atoms with Crippen molar-refractivity contribution in [2.45, 2.75) is 13.3 Å². The first kappa shape index (κ1) is 7.65. The fraction of sp³-hybridized carbons (Fsp3) is 0.286. The molecule has 2 N–H and O–H groups in total. The van der Waals surface area contributed by atoms with Gasteiger partial charge in [0.05, 0.1) is 0 Å². The molecule has 0 aliphatic carbocycles. The number of aromatic nitrogens is 2. The first-order chi connectivity index (χ1) is 5.24. The van der Waals surface area contributed by atoms with Crippen LogP contribution in [0.2, 0.25) is 0 Å². The van der Waals surface area contributed by atoms with Crippen LogP contribution in [0.25, 0.3) is 0 Å². The van der Waals surface area contributed by atoms with E-state index >= 15 is 0 Å². The second kappa shape index (κ2) is 3.09. The molecule has 0 aromatic carbocycles. The van der Waals surface area contributed by atoms with Crippen LogP contribution < -0.4 is 5.73 Å². The summed E-state index contributed by atoms with van der Waals surface area (Å²) in [5.74, 6) is 0.128. The zero-order chi connectivity index (χ0) is 8.27. The molecule has 4 heteroatoms. The van der Waals surface area contributed by atoms with Gasteiger partial charge in [0.15, 0.2) is 0 Å². The average molecular weight is 151 g/mol. The van der Waals surface area contributed by atoms with Crippen molar-refractivity contribution in [2.75, 3.05) is 0 Å². The van der Waals surface area contributed by atoms with Crippen molar-refractivity contribution in [1.82, 2.24) is 9.97 Å². The highest BCUT2D eigenvalue weighted by atomic mass is 16.1. The molecule has 0 atom stereocenters. The lowest BCUT2D eigenvalue weighted by Crippen LogP contribution is -2.14. The molecule has 0 unspecified atom stereocenters. The minimum atomic E-state index is -0.512. The quantitative estimate of drug-likeness (QED) is 0.653. The van der Waals surface area contributed by atoms with Gasteiger partial charge in [0, 0.05) is 12.6 Å². The highest BCUT2D eigenvalue weighted by Gasteiger charge is 2.01. The Bertz CT molecular complexity index is 272. The van der Waals surface area contributed by atoms with Gasteiger partial charge in [-0.25, -0.2) is 9.97 Å². The van der Waals surface area contributed by atoms with Crippen molar-refractivity contribution in [3.8, 4) is 0 Å². The Labute approximate surface area is 64.5 Å². The van der Waals surface area contributed by atoms with Gasteiger partial charge in [0.1, 0.15) is 11.5 Å². The fourth-order valence-electron chi connectivity index (χ4n) is 0.707. The maximum atomic E-state index is 10.6. The van der Waals surface area contributed by atoms with E-state index in [4.69, 9.17) is 5.73 Å². The topological polar surface area (TPSA) is 68.9 Å². The molecule has 0 bridgehead atoms. The molecule has 1 rings (SSSR count). The third-order valence-corrected chi connectivity index (χ3v) is 1.27. The van der Waals surface area contributed by atoms with Crippen molar-refractivity contribution < 1.29 is 4.79 Å². The molecule has 1 amide bonds. The molecule has 0 aliphatic heterocycles. The van der Waals surface area contributed by atoms with E-state index < -0.39 is 5.91 Å². The van der Waals surface area contributed by atoms with E-state index in [2.05, 4.69) is 9.97 Å². The number of aryl methyl sites for hydroxylation is 1. The maximum Gasteiger partial charge on any atom is 0.267 e. The SMILES string of the molecule is CCc1nccc(C(N)=O)n1. The predicted octanol–water partition coefficient (Wildman–Crippen LogP) is 0.138. The lowest BCUT2D eigenvalue weighted by atomic mass is 10.3. The molecule has 1 aromatic rings. The Balaban J connectivity index is 3.01. The molecule has 0 spiro atoms. The number of primary amides is 1. The van der Waals surface area contributed by atoms with Gasteiger partial charge >= 0.3 is 0 Å². The van der Waals surface area contributed by atoms with Gasteiger partial charge in [-0.3, -0.25) is 4.79 Å². The molecule has 4 nitrogen and oxygen atoms in total. The number of rotatable bonds is 2. The standard InChI is InChI=1S/C7H9N3O/c1-2-6-9-4-3-5(10-6)7(8)11/h3-4H,2H2,1H3,(H2,8,11). The van der Waals surface area contributed by atoms with E-state index in [1.54, 1.807) is 0 Å². The first-order valence-electron chi connectivity index (χ1n) is 3.35. The molecule has 0 aliphatic rings. The summed E-state index contributed by atoms with van der Waals surface area (Å²) in [6, 6.07) is 1.50. The van der Waals surface area contributed by atoms with Crippen LogP contribution in [0, 0.1) is 0 Å². The lowest BCUT2D eigenvalue weighted by molar-refractivity contribution is 0.0995. The van der Waals surface area contributed by atoms with Crippen LogP contribution in [0.3, 0.4) is 0 Å². The van der Waals surface area contributed by atoms with Crippen molar-refractivity contribution in [1.29, 1.82) is 0 Å². The second-order valence-corrected chi connectivity index (χ2v) is 2.08. The summed E-state index contributed by atoms with van der Waals surface area (Å²) in [7, 11) is 0. The average Bonchev–Trinajstić information content (AvgIpc) is 2.05. The zero-order valence-corrected chi connectivity index (χ0v) is 6.24. The summed E-state index contributed by atoms with van der Waals surface area (Å²) < 4.78 is 0. The van der Waals surface area contributed by atoms with Crippen LogP contribution in [0.15, 0.2) is 12.3 Å². The van der Waals surface area contributed by atoms with Gasteiger partial charge in [-0.2, -0.15) is 0 Å². The molecular formula is C7H9N3O. The molecule has 1 aromatic heterocycles. The van der Waals surface area contributed by atoms with Gasteiger partial charge < -0.3 is 5.73 Å². The number of carbonyl (C=O) groups is 1. The van der Waals surface area contributed by atoms with Crippen LogP contribution in [-0.2, 0) is 6.42 Å². The highest BCUT2D eigenvalue weighted by molar-refractivity contribution is 5.90. The number of amides is 1. The minimum Gasteiger partial charge on any atom is -0.364 e. The van der Waals surface area contributed by atoms with Crippen molar-refractivity contribution in [2.24, 2.45) is 5.73 Å². The first-order valence-corrected chi connectivity index (χ1v) is 3.35. The Morgan fingerprint density at radius 1 is 1.73 bits per heavy atom. The van der Waals surface area contributed by atoms with Crippen molar-refractivity contribution in [3.05, 3.63) is 23.8 Å². The monoisotopic (exact) mass is 151 g/mol. The van der Waals surface area contributed by atoms with E-state index in [1.807, 2.05) is 6.92 Å². The van der Waals surface area contributed by atoms with Gasteiger partial charge in [-0.1, -0.05) is 6.92 Å². The van der Waals surface area contributed by atoms with Crippen LogP contribution >= 0.6 is 0 Å². The summed E-state index contributed by atoms with van der Waals surface area (Å²) in [4.78, 5) is 18.4. The highest BCUT2D eigenvalue weighted by Crippen LogP contribution is 1.94. The Morgan fingerprint density at radius 2 is 2.45 bits per heavy atom. The number of hydrogen-bond acceptors (Lipinski definition) is 3. The van der Waals surface area contributed by atoms with Crippen molar-refractivity contribution >= 4 is 5.91 Å². The van der Waals surface area contributed by atoms with E-state index in [0.717, 1.165) is 0 Å². The van der Waals surface area contributed by atoms with E-state index in [9.17, 15) is 4.79 Å². The molecule has 0 radical (unpaired) electrons. The summed E-state index contributed by atoms with van der Waals surface area (Å²) in [5.41, 5.74) is 5.28. The van der Waals surface area contributed by atoms with Crippen LogP contribution in [0.4, 0.5) is 0 Å². The van der Waals surface area contributed by atoms with Crippen LogP contribution in [-0.4, -0.2) is 15.9 Å². The van der Waals surface area contributed by atoms with Crippen molar-refractivity contribution in [3.63, 3.8) is 0 Å². The minimum absolute atomic E-state index is 0.275. The number of nitrogens with zero attached hydrogens (tertiary/aromatic N) is 2. The third kappa shape index (κ3) is 1.73. The number of nitrogens with two attached hydrogens (primary N) is 1. The predicted molar refractivity (Wildman–Crippen MR) is 39.9 cm³/mol. The van der Waals surface area contributed by atoms with Gasteiger partial charge in [-0.05, 0) is 6.07 Å². The van der Waals surface area contributed by atoms with E-state index in [0.29, 0.717) is 12.2 Å². The van der Waals surface area contributed by atoms with E-state index in [-0.39, 0.29) is 5.69 Å². The van der Waals surface area contributed by atoms with E-state index in [1.165, 1.54) is 12.3 Å². The van der Waals surface area contributed by atoms with Gasteiger partial charge in [0.25, 0.3) is 5.91 Å². The van der Waals surface area contributed by atoms with Crippen LogP contribution in [0.1, 0.15) is 23.2 Å². The fourth-order valence-corrected chi connectivity index (χ4v) is 0.707. The molecule has 0 fully saturated rings. The summed E-state index contributed by atoms with van der Waals surface area (Å²) in [6.07, 6.45) is 2.24. The smallest absolute Gasteiger partial charge is 0.267 e. The molecule has 0 saturated heterocycles. The molecule has 58 valence electrons. The third-order valence-electron chi connectivity index (χ3n) is 1.27. The summed E-state index contributed by atoms with van der Waals surface area (Å²) in [5, 5.41) is 0. The summed E-state index contributed by atoms with van der Waals surface area (Å²) in [6.45, 7) is 1.92. The molecule has 11 heavy (non-hydrogen) atoms. The Hall–Kier alpha value is -1.45. The Kier molecular flexibility index (Phi) is 2.15. The molecular weight excluding hydrogens is 142 g/mol. The molecule has 1 heterocycles. The largest absolute Gasteiger partial charge is 0.364 e. The number of carbonyl (C=O) groups excluding carboxylic acids is 1. The van der Waals surface area contributed by atoms with Gasteiger partial charge in [0.2, 0.25) is 0 Å². The van der Waals surface area contributed by atoms with Crippen LogP contribution in [0.5, 0.6) is 0 Å². The summed E-state index contributed by atoms with van der Waals surface area (Å²) >= 11 is 0. The second-order valence-electron chi connectivity index (χ2n) is 2.08. The lowest BCUT2D eigenvalue weighted by Gasteiger charge is -1.95. The molecule has 0 saturated carbocycles. The zero-order valence-electron chi connectivity index (χ0n) is 6.24. The maximum absolute atomic E-state index is 10.6. The normalized spacial score (nSPS) is 9.55. The Morgan fingerprint density at radius 3 is 3.00 bits per heavy atom. The van der Waals surface area contributed by atoms with Gasteiger partial charge in [-0.15, -0.1) is 0 Å². The number of hydrogen-bond donors (Lipinski definition) is 1.